The number of phenols is 1. The third-order valence-corrected chi connectivity index (χ3v) is 3.43. The van der Waals surface area contributed by atoms with Gasteiger partial charge in [0.15, 0.2) is 5.78 Å². The molecule has 0 aliphatic carbocycles. The molecule has 0 unspecified atom stereocenters. The zero-order valence-electron chi connectivity index (χ0n) is 11.2. The Balaban J connectivity index is 2.18. The molecule has 0 saturated heterocycles. The van der Waals surface area contributed by atoms with Crippen molar-refractivity contribution in [1.82, 2.24) is 0 Å². The Hall–Kier alpha value is -1.77. The van der Waals surface area contributed by atoms with Crippen LogP contribution in [-0.4, -0.2) is 16.8 Å². The number of ketones is 1. The number of rotatable bonds is 5. The molecule has 2 aromatic rings. The van der Waals surface area contributed by atoms with Crippen LogP contribution in [0, 0.1) is 0 Å². The van der Waals surface area contributed by atoms with Gasteiger partial charge in [-0.3, -0.25) is 4.79 Å². The summed E-state index contributed by atoms with van der Waals surface area (Å²) < 4.78 is 0. The molecule has 0 aliphatic rings. The van der Waals surface area contributed by atoms with Gasteiger partial charge in [-0.15, -0.1) is 11.6 Å². The van der Waals surface area contributed by atoms with E-state index in [2.05, 4.69) is 0 Å². The predicted molar refractivity (Wildman–Crippen MR) is 87.3 cm³/mol. The maximum atomic E-state index is 12.1. The standard InChI is InChI=1S/C17H14Cl2O2/c18-9-8-14-11-13(5-7-17(14)21)16(20)6-4-12-2-1-3-15(19)10-12/h1-7,10-11,21H,8-9H2. The smallest absolute Gasteiger partial charge is 0.185 e. The van der Waals surface area contributed by atoms with Crippen molar-refractivity contribution in [3.05, 3.63) is 70.3 Å². The molecule has 0 aliphatic heterocycles. The molecule has 2 rings (SSSR count). The van der Waals surface area contributed by atoms with Crippen molar-refractivity contribution in [2.75, 3.05) is 5.88 Å². The number of carbonyl (C=O) groups is 1. The quantitative estimate of drug-likeness (QED) is 0.491. The van der Waals surface area contributed by atoms with Crippen LogP contribution in [0.2, 0.25) is 5.02 Å². The van der Waals surface area contributed by atoms with E-state index in [0.29, 0.717) is 28.5 Å². The molecule has 0 fully saturated rings. The first kappa shape index (κ1) is 15.6. The minimum atomic E-state index is -0.134. The Morgan fingerprint density at radius 3 is 2.71 bits per heavy atom. The topological polar surface area (TPSA) is 37.3 Å². The first-order valence-electron chi connectivity index (χ1n) is 6.46. The van der Waals surface area contributed by atoms with E-state index in [1.54, 1.807) is 30.3 Å². The lowest BCUT2D eigenvalue weighted by atomic mass is 10.0. The van der Waals surface area contributed by atoms with Crippen LogP contribution >= 0.6 is 23.2 Å². The molecule has 0 spiro atoms. The van der Waals surface area contributed by atoms with Crippen molar-refractivity contribution < 1.29 is 9.90 Å². The van der Waals surface area contributed by atoms with E-state index < -0.39 is 0 Å². The van der Waals surface area contributed by atoms with Crippen molar-refractivity contribution in [2.24, 2.45) is 0 Å². The summed E-state index contributed by atoms with van der Waals surface area (Å²) in [5.74, 6) is 0.417. The molecule has 108 valence electrons. The molecule has 21 heavy (non-hydrogen) atoms. The maximum absolute atomic E-state index is 12.1. The molecule has 0 aromatic heterocycles. The predicted octanol–water partition coefficient (Wildman–Crippen LogP) is 4.72. The second-order valence-corrected chi connectivity index (χ2v) is 5.35. The summed E-state index contributed by atoms with van der Waals surface area (Å²) in [6.45, 7) is 0. The first-order valence-corrected chi connectivity index (χ1v) is 7.37. The van der Waals surface area contributed by atoms with E-state index in [-0.39, 0.29) is 11.5 Å². The van der Waals surface area contributed by atoms with Crippen LogP contribution in [0.15, 0.2) is 48.5 Å². The highest BCUT2D eigenvalue weighted by atomic mass is 35.5. The highest BCUT2D eigenvalue weighted by molar-refractivity contribution is 6.30. The van der Waals surface area contributed by atoms with Gasteiger partial charge in [-0.2, -0.15) is 0 Å². The lowest BCUT2D eigenvalue weighted by Gasteiger charge is -2.04. The van der Waals surface area contributed by atoms with E-state index in [9.17, 15) is 9.90 Å². The van der Waals surface area contributed by atoms with Crippen molar-refractivity contribution in [3.8, 4) is 5.75 Å². The van der Waals surface area contributed by atoms with E-state index in [0.717, 1.165) is 5.56 Å². The zero-order chi connectivity index (χ0) is 15.2. The number of hydrogen-bond acceptors (Lipinski definition) is 2. The lowest BCUT2D eigenvalue weighted by molar-refractivity contribution is 0.104. The number of carbonyl (C=O) groups excluding carboxylic acids is 1. The average Bonchev–Trinajstić information content (AvgIpc) is 2.47. The van der Waals surface area contributed by atoms with Crippen molar-refractivity contribution in [1.29, 1.82) is 0 Å². The van der Waals surface area contributed by atoms with Gasteiger partial charge in [-0.25, -0.2) is 0 Å². The molecule has 0 saturated carbocycles. The molecule has 2 nitrogen and oxygen atoms in total. The van der Waals surface area contributed by atoms with E-state index >= 15 is 0 Å². The summed E-state index contributed by atoms with van der Waals surface area (Å²) in [4.78, 5) is 12.1. The third-order valence-electron chi connectivity index (χ3n) is 3.00. The zero-order valence-corrected chi connectivity index (χ0v) is 12.7. The summed E-state index contributed by atoms with van der Waals surface area (Å²) in [5, 5.41) is 10.3. The fraction of sp³-hybridized carbons (Fsp3) is 0.118. The van der Waals surface area contributed by atoms with Crippen molar-refractivity contribution in [2.45, 2.75) is 6.42 Å². The molecule has 2 aromatic carbocycles. The molecule has 4 heteroatoms. The summed E-state index contributed by atoms with van der Waals surface area (Å²) in [7, 11) is 0. The van der Waals surface area contributed by atoms with Gasteiger partial charge < -0.3 is 5.11 Å². The maximum Gasteiger partial charge on any atom is 0.185 e. The average molecular weight is 321 g/mol. The van der Waals surface area contributed by atoms with Gasteiger partial charge in [0.25, 0.3) is 0 Å². The second-order valence-electron chi connectivity index (χ2n) is 4.54. The second kappa shape index (κ2) is 7.30. The monoisotopic (exact) mass is 320 g/mol. The Bertz CT molecular complexity index is 678. The SMILES string of the molecule is O=C(C=Cc1cccc(Cl)c1)c1ccc(O)c(CCCl)c1. The third kappa shape index (κ3) is 4.35. The van der Waals surface area contributed by atoms with Crippen LogP contribution in [0.25, 0.3) is 6.08 Å². The number of aryl methyl sites for hydroxylation is 1. The first-order chi connectivity index (χ1) is 10.1. The highest BCUT2D eigenvalue weighted by Gasteiger charge is 2.07. The summed E-state index contributed by atoms with van der Waals surface area (Å²) in [6.07, 6.45) is 3.72. The van der Waals surface area contributed by atoms with E-state index in [4.69, 9.17) is 23.2 Å². The summed E-state index contributed by atoms with van der Waals surface area (Å²) >= 11 is 11.6. The number of halogens is 2. The fourth-order valence-electron chi connectivity index (χ4n) is 1.92. The van der Waals surface area contributed by atoms with Gasteiger partial charge in [0, 0.05) is 16.5 Å². The van der Waals surface area contributed by atoms with Crippen LogP contribution in [-0.2, 0) is 6.42 Å². The van der Waals surface area contributed by atoms with Gasteiger partial charge in [0.05, 0.1) is 0 Å². The van der Waals surface area contributed by atoms with E-state index in [1.807, 2.05) is 12.1 Å². The van der Waals surface area contributed by atoms with Crippen molar-refractivity contribution >= 4 is 35.1 Å². The van der Waals surface area contributed by atoms with Crippen molar-refractivity contribution in [3.63, 3.8) is 0 Å². The number of allylic oxidation sites excluding steroid dienone is 1. The number of benzene rings is 2. The normalized spacial score (nSPS) is 11.0. The summed E-state index contributed by atoms with van der Waals surface area (Å²) in [5.41, 5.74) is 2.05. The Labute approximate surface area is 133 Å². The minimum Gasteiger partial charge on any atom is -0.508 e. The molecule has 0 bridgehead atoms. The number of phenolic OH excluding ortho intramolecular Hbond substituents is 1. The largest absolute Gasteiger partial charge is 0.508 e. The van der Waals surface area contributed by atoms with Crippen LogP contribution in [0.4, 0.5) is 0 Å². The van der Waals surface area contributed by atoms with E-state index in [1.165, 1.54) is 12.1 Å². The Kier molecular flexibility index (Phi) is 5.43. The molecular formula is C17H14Cl2O2. The Morgan fingerprint density at radius 1 is 1.19 bits per heavy atom. The number of alkyl halides is 1. The Morgan fingerprint density at radius 2 is 2.00 bits per heavy atom. The molecule has 0 amide bonds. The van der Waals surface area contributed by atoms with Crippen LogP contribution in [0.3, 0.4) is 0 Å². The van der Waals surface area contributed by atoms with Crippen LogP contribution in [0.5, 0.6) is 5.75 Å². The highest BCUT2D eigenvalue weighted by Crippen LogP contribution is 2.20. The van der Waals surface area contributed by atoms with Gasteiger partial charge >= 0.3 is 0 Å². The van der Waals surface area contributed by atoms with Gasteiger partial charge in [0.1, 0.15) is 5.75 Å². The molecule has 0 heterocycles. The van der Waals surface area contributed by atoms with Gasteiger partial charge in [0.2, 0.25) is 0 Å². The molecule has 0 radical (unpaired) electrons. The summed E-state index contributed by atoms with van der Waals surface area (Å²) in [6, 6.07) is 12.0. The lowest BCUT2D eigenvalue weighted by Crippen LogP contribution is -1.97. The molecule has 1 N–H and O–H groups in total. The fourth-order valence-corrected chi connectivity index (χ4v) is 2.32. The number of hydrogen-bond donors (Lipinski definition) is 1. The molecular weight excluding hydrogens is 307 g/mol. The minimum absolute atomic E-state index is 0.134. The number of aromatic hydroxyl groups is 1. The van der Waals surface area contributed by atoms with Gasteiger partial charge in [-0.1, -0.05) is 29.8 Å². The van der Waals surface area contributed by atoms with Crippen LogP contribution < -0.4 is 0 Å². The van der Waals surface area contributed by atoms with Gasteiger partial charge in [-0.05, 0) is 54.0 Å². The van der Waals surface area contributed by atoms with Crippen LogP contribution in [0.1, 0.15) is 21.5 Å². The molecule has 0 atom stereocenters.